The number of benzene rings is 2. The van der Waals surface area contributed by atoms with Gasteiger partial charge in [0.15, 0.2) is 5.82 Å². The number of aryl methyl sites for hydroxylation is 1. The highest BCUT2D eigenvalue weighted by Gasteiger charge is 2.17. The van der Waals surface area contributed by atoms with Gasteiger partial charge in [-0.1, -0.05) is 41.6 Å². The van der Waals surface area contributed by atoms with E-state index < -0.39 is 0 Å². The zero-order chi connectivity index (χ0) is 21.7. The molecule has 3 rings (SSSR count). The van der Waals surface area contributed by atoms with E-state index in [1.807, 2.05) is 56.3 Å². The number of hydrogen-bond donors (Lipinski definition) is 2. The van der Waals surface area contributed by atoms with E-state index in [2.05, 4.69) is 15.5 Å². The molecule has 1 heterocycles. The molecule has 3 N–H and O–H groups in total. The van der Waals surface area contributed by atoms with E-state index >= 15 is 0 Å². The van der Waals surface area contributed by atoms with Crippen LogP contribution in [0.5, 0.6) is 11.5 Å². The van der Waals surface area contributed by atoms with Crippen LogP contribution in [0.1, 0.15) is 24.1 Å². The Labute approximate surface area is 179 Å². The number of ether oxygens (including phenoxy) is 2. The van der Waals surface area contributed by atoms with Gasteiger partial charge >= 0.3 is 0 Å². The highest BCUT2D eigenvalue weighted by atomic mass is 32.2. The number of carbonyl (C=O) groups is 1. The zero-order valence-corrected chi connectivity index (χ0v) is 18.2. The highest BCUT2D eigenvalue weighted by molar-refractivity contribution is 7.99. The van der Waals surface area contributed by atoms with E-state index in [0.717, 1.165) is 16.7 Å². The Morgan fingerprint density at radius 3 is 2.57 bits per heavy atom. The molecule has 0 bridgehead atoms. The predicted molar refractivity (Wildman–Crippen MR) is 117 cm³/mol. The molecule has 1 unspecified atom stereocenters. The summed E-state index contributed by atoms with van der Waals surface area (Å²) >= 11 is 1.22. The van der Waals surface area contributed by atoms with Crippen LogP contribution in [0.25, 0.3) is 11.4 Å². The number of nitrogens with one attached hydrogen (secondary N) is 1. The third kappa shape index (κ3) is 4.85. The van der Waals surface area contributed by atoms with E-state index in [4.69, 9.17) is 15.3 Å². The molecule has 30 heavy (non-hydrogen) atoms. The van der Waals surface area contributed by atoms with Crippen LogP contribution in [0.2, 0.25) is 0 Å². The molecule has 8 nitrogen and oxygen atoms in total. The average molecular weight is 428 g/mol. The van der Waals surface area contributed by atoms with E-state index in [1.54, 1.807) is 14.2 Å². The molecule has 2 aromatic carbocycles. The molecule has 0 saturated carbocycles. The van der Waals surface area contributed by atoms with Crippen LogP contribution in [0.4, 0.5) is 0 Å². The molecular weight excluding hydrogens is 402 g/mol. The van der Waals surface area contributed by atoms with Crippen molar-refractivity contribution in [1.82, 2.24) is 20.2 Å². The Balaban J connectivity index is 1.63. The molecule has 0 aliphatic heterocycles. The number of nitrogens with zero attached hydrogens (tertiary/aromatic N) is 3. The largest absolute Gasteiger partial charge is 0.497 e. The Morgan fingerprint density at radius 1 is 1.17 bits per heavy atom. The maximum atomic E-state index is 12.5. The van der Waals surface area contributed by atoms with Crippen molar-refractivity contribution >= 4 is 17.7 Å². The summed E-state index contributed by atoms with van der Waals surface area (Å²) in [6.45, 7) is 3.90. The SMILES string of the molecule is COc1ccc(OC)c(C(C)NC(=O)CSc2nnc(-c3ccc(C)cc3)n2N)c1. The first-order valence-electron chi connectivity index (χ1n) is 9.34. The van der Waals surface area contributed by atoms with E-state index in [9.17, 15) is 4.79 Å². The molecule has 1 amide bonds. The summed E-state index contributed by atoms with van der Waals surface area (Å²) in [6, 6.07) is 13.1. The Hall–Kier alpha value is -3.20. The predicted octanol–water partition coefficient (Wildman–Crippen LogP) is 2.95. The standard InChI is InChI=1S/C21H25N5O3S/c1-13-5-7-15(8-6-13)20-24-25-21(26(20)22)30-12-19(27)23-14(2)17-11-16(28-3)9-10-18(17)29-4/h5-11,14H,12,22H2,1-4H3,(H,23,27). The zero-order valence-electron chi connectivity index (χ0n) is 17.4. The van der Waals surface area contributed by atoms with E-state index in [-0.39, 0.29) is 17.7 Å². The van der Waals surface area contributed by atoms with E-state index in [1.165, 1.54) is 16.4 Å². The smallest absolute Gasteiger partial charge is 0.230 e. The molecule has 0 saturated heterocycles. The molecule has 0 spiro atoms. The van der Waals surface area contributed by atoms with Crippen molar-refractivity contribution in [3.8, 4) is 22.9 Å². The van der Waals surface area contributed by atoms with Gasteiger partial charge in [0, 0.05) is 11.1 Å². The van der Waals surface area contributed by atoms with Crippen molar-refractivity contribution in [1.29, 1.82) is 0 Å². The Kier molecular flexibility index (Phi) is 6.83. The lowest BCUT2D eigenvalue weighted by Crippen LogP contribution is -2.28. The minimum Gasteiger partial charge on any atom is -0.497 e. The number of nitrogens with two attached hydrogens (primary N) is 1. The van der Waals surface area contributed by atoms with Crippen LogP contribution in [0.15, 0.2) is 47.6 Å². The van der Waals surface area contributed by atoms with Crippen LogP contribution in [-0.2, 0) is 4.79 Å². The fourth-order valence-electron chi connectivity index (χ4n) is 2.94. The van der Waals surface area contributed by atoms with Crippen molar-refractivity contribution < 1.29 is 14.3 Å². The number of thioether (sulfide) groups is 1. The normalized spacial score (nSPS) is 11.7. The fraction of sp³-hybridized carbons (Fsp3) is 0.286. The van der Waals surface area contributed by atoms with Gasteiger partial charge in [-0.05, 0) is 32.0 Å². The van der Waals surface area contributed by atoms with Crippen molar-refractivity contribution in [3.63, 3.8) is 0 Å². The van der Waals surface area contributed by atoms with Gasteiger partial charge in [0.1, 0.15) is 11.5 Å². The Morgan fingerprint density at radius 2 is 1.90 bits per heavy atom. The van der Waals surface area contributed by atoms with Gasteiger partial charge in [-0.3, -0.25) is 4.79 Å². The van der Waals surface area contributed by atoms with Crippen LogP contribution in [0, 0.1) is 6.92 Å². The molecule has 9 heteroatoms. The second-order valence-electron chi connectivity index (χ2n) is 6.73. The lowest BCUT2D eigenvalue weighted by atomic mass is 10.1. The number of nitrogen functional groups attached to an aromatic ring is 1. The van der Waals surface area contributed by atoms with Crippen LogP contribution >= 0.6 is 11.8 Å². The molecule has 158 valence electrons. The average Bonchev–Trinajstić information content (AvgIpc) is 3.12. The van der Waals surface area contributed by atoms with Gasteiger partial charge in [-0.25, -0.2) is 4.68 Å². The first kappa shape index (κ1) is 21.5. The number of aromatic nitrogens is 3. The maximum Gasteiger partial charge on any atom is 0.230 e. The summed E-state index contributed by atoms with van der Waals surface area (Å²) in [4.78, 5) is 12.5. The number of carbonyl (C=O) groups excluding carboxylic acids is 1. The van der Waals surface area contributed by atoms with Crippen molar-refractivity contribution in [2.75, 3.05) is 25.8 Å². The molecule has 0 radical (unpaired) electrons. The minimum absolute atomic E-state index is 0.153. The highest BCUT2D eigenvalue weighted by Crippen LogP contribution is 2.29. The van der Waals surface area contributed by atoms with Gasteiger partial charge in [0.05, 0.1) is 26.0 Å². The van der Waals surface area contributed by atoms with Crippen molar-refractivity contribution in [2.45, 2.75) is 25.0 Å². The fourth-order valence-corrected chi connectivity index (χ4v) is 3.61. The summed E-state index contributed by atoms with van der Waals surface area (Å²) in [7, 11) is 3.19. The molecule has 1 atom stereocenters. The summed E-state index contributed by atoms with van der Waals surface area (Å²) in [5, 5.41) is 11.7. The summed E-state index contributed by atoms with van der Waals surface area (Å²) in [6.07, 6.45) is 0. The summed E-state index contributed by atoms with van der Waals surface area (Å²) < 4.78 is 12.1. The van der Waals surface area contributed by atoms with Gasteiger partial charge < -0.3 is 20.6 Å². The third-order valence-electron chi connectivity index (χ3n) is 4.59. The molecular formula is C21H25N5O3S. The number of amides is 1. The topological polar surface area (TPSA) is 104 Å². The number of rotatable bonds is 8. The molecule has 0 aliphatic rings. The lowest BCUT2D eigenvalue weighted by Gasteiger charge is -2.18. The Bertz CT molecular complexity index is 1020. The third-order valence-corrected chi connectivity index (χ3v) is 5.53. The second kappa shape index (κ2) is 9.53. The van der Waals surface area contributed by atoms with Crippen LogP contribution < -0.4 is 20.6 Å². The molecule has 3 aromatic rings. The van der Waals surface area contributed by atoms with E-state index in [0.29, 0.717) is 22.5 Å². The summed E-state index contributed by atoms with van der Waals surface area (Å²) in [5.41, 5.74) is 2.85. The van der Waals surface area contributed by atoms with Crippen LogP contribution in [-0.4, -0.2) is 40.8 Å². The molecule has 1 aromatic heterocycles. The van der Waals surface area contributed by atoms with Crippen LogP contribution in [0.3, 0.4) is 0 Å². The first-order chi connectivity index (χ1) is 14.4. The first-order valence-corrected chi connectivity index (χ1v) is 10.3. The van der Waals surface area contributed by atoms with Gasteiger partial charge in [0.25, 0.3) is 0 Å². The van der Waals surface area contributed by atoms with Gasteiger partial charge in [0.2, 0.25) is 11.1 Å². The van der Waals surface area contributed by atoms with Gasteiger partial charge in [-0.15, -0.1) is 10.2 Å². The molecule has 0 fully saturated rings. The number of methoxy groups -OCH3 is 2. The van der Waals surface area contributed by atoms with Gasteiger partial charge in [-0.2, -0.15) is 0 Å². The minimum atomic E-state index is -0.262. The lowest BCUT2D eigenvalue weighted by molar-refractivity contribution is -0.119. The van der Waals surface area contributed by atoms with Crippen molar-refractivity contribution in [3.05, 3.63) is 53.6 Å². The second-order valence-corrected chi connectivity index (χ2v) is 7.67. The number of hydrogen-bond acceptors (Lipinski definition) is 7. The molecule has 0 aliphatic carbocycles. The maximum absolute atomic E-state index is 12.5. The summed E-state index contributed by atoms with van der Waals surface area (Å²) in [5.74, 6) is 8.05. The monoisotopic (exact) mass is 427 g/mol. The van der Waals surface area contributed by atoms with Crippen molar-refractivity contribution in [2.24, 2.45) is 0 Å². The quantitative estimate of drug-likeness (QED) is 0.421.